The van der Waals surface area contributed by atoms with Crippen LogP contribution in [0.5, 0.6) is 17.2 Å². The molecule has 2 amide bonds. The van der Waals surface area contributed by atoms with E-state index in [2.05, 4.69) is 0 Å². The topological polar surface area (TPSA) is 82.1 Å². The first-order valence-corrected chi connectivity index (χ1v) is 14.5. The maximum absolute atomic E-state index is 13.4. The largest absolute Gasteiger partial charge is 0.493 e. The number of nitrogens with zero attached hydrogens (tertiary/aromatic N) is 1. The van der Waals surface area contributed by atoms with E-state index in [1.807, 2.05) is 31.2 Å². The van der Waals surface area contributed by atoms with E-state index in [1.165, 1.54) is 31.3 Å². The number of hydrogen-bond acceptors (Lipinski definition) is 7. The molecule has 2 aromatic carbocycles. The monoisotopic (exact) mass is 547 g/mol. The van der Waals surface area contributed by atoms with E-state index in [9.17, 15) is 14.4 Å². The number of amides is 2. The third kappa shape index (κ3) is 5.19. The van der Waals surface area contributed by atoms with Crippen molar-refractivity contribution in [2.75, 3.05) is 20.3 Å². The molecule has 0 N–H and O–H groups in total. The third-order valence-electron chi connectivity index (χ3n) is 8.64. The summed E-state index contributed by atoms with van der Waals surface area (Å²) in [5.41, 5.74) is 1.45. The van der Waals surface area contributed by atoms with Crippen molar-refractivity contribution in [1.29, 1.82) is 0 Å². The first-order chi connectivity index (χ1) is 18.8. The minimum atomic E-state index is -0.361. The molecule has 5 aliphatic rings. The van der Waals surface area contributed by atoms with E-state index in [0.29, 0.717) is 45.5 Å². The summed E-state index contributed by atoms with van der Waals surface area (Å²) in [4.78, 5) is 40.4. The number of rotatable bonds is 8. The van der Waals surface area contributed by atoms with Gasteiger partial charge in [-0.25, -0.2) is 0 Å². The van der Waals surface area contributed by atoms with Crippen LogP contribution in [0.15, 0.2) is 47.4 Å². The zero-order valence-electron chi connectivity index (χ0n) is 22.3. The Morgan fingerprint density at radius 1 is 1.00 bits per heavy atom. The Bertz CT molecular complexity index is 1300. The summed E-state index contributed by atoms with van der Waals surface area (Å²) in [5.74, 6) is 2.96. The average Bonchev–Trinajstić information content (AvgIpc) is 3.17. The minimum absolute atomic E-state index is 0.137. The quantitative estimate of drug-likeness (QED) is 0.220. The van der Waals surface area contributed by atoms with Crippen molar-refractivity contribution >= 4 is 35.0 Å². The number of thioether (sulfide) groups is 1. The number of ether oxygens (including phenoxy) is 3. The Balaban J connectivity index is 1.11. The molecule has 0 radical (unpaired) electrons. The lowest BCUT2D eigenvalue weighted by Gasteiger charge is -2.55. The molecular weight excluding hydrogens is 514 g/mol. The molecule has 39 heavy (non-hydrogen) atoms. The van der Waals surface area contributed by atoms with Gasteiger partial charge in [-0.2, -0.15) is 0 Å². The molecule has 7 nitrogen and oxygen atoms in total. The molecule has 2 aromatic rings. The molecule has 5 fully saturated rings. The van der Waals surface area contributed by atoms with Crippen molar-refractivity contribution < 1.29 is 28.6 Å². The van der Waals surface area contributed by atoms with E-state index in [-0.39, 0.29) is 35.7 Å². The van der Waals surface area contributed by atoms with Gasteiger partial charge in [0.25, 0.3) is 11.1 Å². The second-order valence-corrected chi connectivity index (χ2v) is 12.5. The fourth-order valence-corrected chi connectivity index (χ4v) is 8.03. The second kappa shape index (κ2) is 10.4. The molecular formula is C31H33NO6S. The van der Waals surface area contributed by atoms with Crippen LogP contribution in [0.1, 0.15) is 49.7 Å². The number of aryl methyl sites for hydroxylation is 1. The van der Waals surface area contributed by atoms with Crippen molar-refractivity contribution in [3.05, 3.63) is 58.5 Å². The summed E-state index contributed by atoms with van der Waals surface area (Å²) in [6, 6.07) is 12.8. The molecule has 1 heterocycles. The van der Waals surface area contributed by atoms with Gasteiger partial charge in [-0.1, -0.05) is 23.8 Å². The van der Waals surface area contributed by atoms with Crippen LogP contribution in [-0.2, 0) is 9.59 Å². The molecule has 0 unspecified atom stereocenters. The predicted octanol–water partition coefficient (Wildman–Crippen LogP) is 6.24. The number of carbonyl (C=O) groups is 3. The van der Waals surface area contributed by atoms with E-state index >= 15 is 0 Å². The molecule has 0 atom stereocenters. The van der Waals surface area contributed by atoms with Gasteiger partial charge in [0.2, 0.25) is 0 Å². The highest BCUT2D eigenvalue weighted by atomic mass is 32.2. The Morgan fingerprint density at radius 3 is 2.31 bits per heavy atom. The molecule has 4 aliphatic carbocycles. The Morgan fingerprint density at radius 2 is 1.67 bits per heavy atom. The van der Waals surface area contributed by atoms with Crippen LogP contribution in [0.3, 0.4) is 0 Å². The standard InChI is InChI=1S/C31H33NO6S/c1-19-3-6-24(7-4-19)37-10-9-32-28(33)27(39-30(32)35)15-20-5-8-25(26(14-20)36-2)38-29(34)31-16-21-11-22(17-31)13-23(12-21)18-31/h3-8,14-15,21-23H,9-13,16-18H2,1-2H3/b27-15-. The summed E-state index contributed by atoms with van der Waals surface area (Å²) in [6.07, 6.45) is 8.25. The van der Waals surface area contributed by atoms with Crippen molar-refractivity contribution in [1.82, 2.24) is 4.90 Å². The van der Waals surface area contributed by atoms with Gasteiger partial charge in [0.05, 0.1) is 24.0 Å². The number of hydrogen-bond donors (Lipinski definition) is 0. The van der Waals surface area contributed by atoms with Gasteiger partial charge in [-0.15, -0.1) is 0 Å². The Labute approximate surface area is 232 Å². The highest BCUT2D eigenvalue weighted by molar-refractivity contribution is 8.18. The van der Waals surface area contributed by atoms with E-state index in [0.717, 1.165) is 36.6 Å². The molecule has 4 saturated carbocycles. The summed E-state index contributed by atoms with van der Waals surface area (Å²) in [5, 5.41) is -0.327. The molecule has 1 saturated heterocycles. The maximum atomic E-state index is 13.4. The van der Waals surface area contributed by atoms with Crippen molar-refractivity contribution in [2.24, 2.45) is 23.2 Å². The van der Waals surface area contributed by atoms with Crippen LogP contribution in [0, 0.1) is 30.1 Å². The van der Waals surface area contributed by atoms with Gasteiger partial charge < -0.3 is 14.2 Å². The van der Waals surface area contributed by atoms with Crippen molar-refractivity contribution in [3.63, 3.8) is 0 Å². The number of benzene rings is 2. The fourth-order valence-electron chi connectivity index (χ4n) is 7.16. The van der Waals surface area contributed by atoms with Gasteiger partial charge in [0, 0.05) is 0 Å². The van der Waals surface area contributed by atoms with Crippen LogP contribution in [0.4, 0.5) is 4.79 Å². The lowest BCUT2D eigenvalue weighted by molar-refractivity contribution is -0.161. The molecule has 0 aromatic heterocycles. The smallest absolute Gasteiger partial charge is 0.317 e. The lowest BCUT2D eigenvalue weighted by atomic mass is 9.49. The molecule has 8 heteroatoms. The number of methoxy groups -OCH3 is 1. The zero-order valence-corrected chi connectivity index (χ0v) is 23.1. The first-order valence-electron chi connectivity index (χ1n) is 13.7. The summed E-state index contributed by atoms with van der Waals surface area (Å²) in [6.45, 7) is 2.37. The minimum Gasteiger partial charge on any atom is -0.493 e. The fraction of sp³-hybridized carbons (Fsp3) is 0.452. The molecule has 1 aliphatic heterocycles. The van der Waals surface area contributed by atoms with E-state index in [1.54, 1.807) is 24.3 Å². The lowest BCUT2D eigenvalue weighted by Crippen LogP contribution is -2.51. The highest BCUT2D eigenvalue weighted by Crippen LogP contribution is 2.60. The number of carbonyl (C=O) groups excluding carboxylic acids is 3. The average molecular weight is 548 g/mol. The SMILES string of the molecule is COc1cc(/C=C2\SC(=O)N(CCOc3ccc(C)cc3)C2=O)ccc1OC(=O)C12CC3CC(CC(C3)C1)C2. The molecule has 204 valence electrons. The number of imide groups is 1. The normalized spacial score (nSPS) is 28.3. The van der Waals surface area contributed by atoms with Crippen LogP contribution in [0.2, 0.25) is 0 Å². The first kappa shape index (κ1) is 26.0. The predicted molar refractivity (Wildman–Crippen MR) is 149 cm³/mol. The summed E-state index contributed by atoms with van der Waals surface area (Å²) < 4.78 is 17.2. The van der Waals surface area contributed by atoms with Crippen LogP contribution >= 0.6 is 11.8 Å². The van der Waals surface area contributed by atoms with Crippen molar-refractivity contribution in [2.45, 2.75) is 45.4 Å². The highest BCUT2D eigenvalue weighted by Gasteiger charge is 2.55. The number of esters is 1. The molecule has 0 spiro atoms. The third-order valence-corrected chi connectivity index (χ3v) is 9.54. The van der Waals surface area contributed by atoms with Gasteiger partial charge in [-0.3, -0.25) is 19.3 Å². The van der Waals surface area contributed by atoms with Crippen LogP contribution in [-0.4, -0.2) is 42.3 Å². The Kier molecular flexibility index (Phi) is 6.91. The van der Waals surface area contributed by atoms with Crippen LogP contribution in [0.25, 0.3) is 6.08 Å². The summed E-state index contributed by atoms with van der Waals surface area (Å²) >= 11 is 0.902. The summed E-state index contributed by atoms with van der Waals surface area (Å²) in [7, 11) is 1.53. The van der Waals surface area contributed by atoms with Gasteiger partial charge in [-0.05, 0) is 111 Å². The maximum Gasteiger partial charge on any atom is 0.317 e. The molecule has 4 bridgehead atoms. The van der Waals surface area contributed by atoms with E-state index < -0.39 is 0 Å². The van der Waals surface area contributed by atoms with Gasteiger partial charge in [0.15, 0.2) is 11.5 Å². The van der Waals surface area contributed by atoms with Gasteiger partial charge >= 0.3 is 5.97 Å². The van der Waals surface area contributed by atoms with Crippen molar-refractivity contribution in [3.8, 4) is 17.2 Å². The Hall–Kier alpha value is -3.26. The van der Waals surface area contributed by atoms with Crippen LogP contribution < -0.4 is 14.2 Å². The zero-order chi connectivity index (χ0) is 27.1. The molecule has 7 rings (SSSR count). The van der Waals surface area contributed by atoms with E-state index in [4.69, 9.17) is 14.2 Å². The van der Waals surface area contributed by atoms with Gasteiger partial charge in [0.1, 0.15) is 12.4 Å². The second-order valence-electron chi connectivity index (χ2n) is 11.5.